The summed E-state index contributed by atoms with van der Waals surface area (Å²) in [5.41, 5.74) is 2.93. The number of carboxylic acid groups (broad SMARTS) is 1. The van der Waals surface area contributed by atoms with Crippen LogP contribution in [0.1, 0.15) is 49.1 Å². The number of aliphatic carboxylic acids is 1. The molecule has 2 amide bonds. The fraction of sp³-hybridized carbons (Fsp3) is 0.588. The van der Waals surface area contributed by atoms with Gasteiger partial charge in [-0.15, -0.1) is 0 Å². The molecule has 0 bridgehead atoms. The number of carboxylic acids is 1. The zero-order chi connectivity index (χ0) is 16.8. The van der Waals surface area contributed by atoms with Gasteiger partial charge in [-0.1, -0.05) is 6.07 Å². The first-order valence-corrected chi connectivity index (χ1v) is 8.16. The van der Waals surface area contributed by atoms with E-state index in [1.54, 1.807) is 4.90 Å². The van der Waals surface area contributed by atoms with Crippen LogP contribution in [0.5, 0.6) is 0 Å². The van der Waals surface area contributed by atoms with Gasteiger partial charge in [-0.3, -0.25) is 9.78 Å². The van der Waals surface area contributed by atoms with Crippen LogP contribution in [0.15, 0.2) is 12.1 Å². The molecule has 6 heteroatoms. The van der Waals surface area contributed by atoms with E-state index in [0.717, 1.165) is 36.2 Å². The Hall–Kier alpha value is -2.11. The van der Waals surface area contributed by atoms with Gasteiger partial charge in [0.1, 0.15) is 0 Å². The summed E-state index contributed by atoms with van der Waals surface area (Å²) in [6, 6.07) is 3.81. The lowest BCUT2D eigenvalue weighted by Crippen LogP contribution is -2.48. The number of urea groups is 1. The third-order valence-corrected chi connectivity index (χ3v) is 4.41. The van der Waals surface area contributed by atoms with E-state index in [9.17, 15) is 9.59 Å². The first-order valence-electron chi connectivity index (χ1n) is 8.16. The lowest BCUT2D eigenvalue weighted by molar-refractivity contribution is -0.137. The Kier molecular flexibility index (Phi) is 5.96. The third kappa shape index (κ3) is 4.94. The van der Waals surface area contributed by atoms with Crippen molar-refractivity contribution < 1.29 is 14.7 Å². The standard InChI is InChI=1S/C17H25N3O3/c1-12-6-7-14(19-13(12)2)11-18-17(23)20-10-4-3-5-15(20)8-9-16(21)22/h6-7,15H,3-5,8-11H2,1-2H3,(H,18,23)(H,21,22). The van der Waals surface area contributed by atoms with Gasteiger partial charge in [-0.2, -0.15) is 0 Å². The SMILES string of the molecule is Cc1ccc(CNC(=O)N2CCCCC2CCC(=O)O)nc1C. The van der Waals surface area contributed by atoms with Crippen LogP contribution in [0.25, 0.3) is 0 Å². The average Bonchev–Trinajstić information content (AvgIpc) is 2.54. The summed E-state index contributed by atoms with van der Waals surface area (Å²) in [4.78, 5) is 29.4. The van der Waals surface area contributed by atoms with Crippen LogP contribution in [0.4, 0.5) is 4.79 Å². The van der Waals surface area contributed by atoms with Crippen LogP contribution in [0.2, 0.25) is 0 Å². The monoisotopic (exact) mass is 319 g/mol. The number of hydrogen-bond acceptors (Lipinski definition) is 3. The van der Waals surface area contributed by atoms with E-state index in [1.807, 2.05) is 26.0 Å². The molecular weight excluding hydrogens is 294 g/mol. The van der Waals surface area contributed by atoms with Gasteiger partial charge >= 0.3 is 12.0 Å². The third-order valence-electron chi connectivity index (χ3n) is 4.41. The maximum atomic E-state index is 12.4. The molecule has 6 nitrogen and oxygen atoms in total. The normalized spacial score (nSPS) is 17.8. The van der Waals surface area contributed by atoms with Crippen LogP contribution in [0.3, 0.4) is 0 Å². The second kappa shape index (κ2) is 7.94. The number of hydrogen-bond donors (Lipinski definition) is 2. The minimum Gasteiger partial charge on any atom is -0.481 e. The van der Waals surface area contributed by atoms with Gasteiger partial charge in [0.2, 0.25) is 0 Å². The van der Waals surface area contributed by atoms with Crippen molar-refractivity contribution in [2.24, 2.45) is 0 Å². The lowest BCUT2D eigenvalue weighted by atomic mass is 9.98. The first kappa shape index (κ1) is 17.2. The highest BCUT2D eigenvalue weighted by Gasteiger charge is 2.26. The van der Waals surface area contributed by atoms with Gasteiger partial charge in [-0.05, 0) is 51.2 Å². The molecule has 1 aliphatic rings. The predicted molar refractivity (Wildman–Crippen MR) is 87.2 cm³/mol. The highest BCUT2D eigenvalue weighted by molar-refractivity contribution is 5.74. The van der Waals surface area contributed by atoms with Crippen molar-refractivity contribution in [2.45, 2.75) is 58.5 Å². The number of carbonyl (C=O) groups excluding carboxylic acids is 1. The molecule has 126 valence electrons. The van der Waals surface area contributed by atoms with Crippen LogP contribution in [-0.4, -0.2) is 39.6 Å². The van der Waals surface area contributed by atoms with Crippen molar-refractivity contribution in [3.05, 3.63) is 29.1 Å². The molecule has 1 saturated heterocycles. The highest BCUT2D eigenvalue weighted by Crippen LogP contribution is 2.21. The summed E-state index contributed by atoms with van der Waals surface area (Å²) >= 11 is 0. The number of piperidine rings is 1. The number of rotatable bonds is 5. The summed E-state index contributed by atoms with van der Waals surface area (Å²) in [6.07, 6.45) is 3.52. The van der Waals surface area contributed by atoms with Crippen molar-refractivity contribution in [3.63, 3.8) is 0 Å². The Labute approximate surface area is 136 Å². The molecule has 1 fully saturated rings. The Bertz CT molecular complexity index is 574. The molecular formula is C17H25N3O3. The van der Waals surface area contributed by atoms with Crippen LogP contribution < -0.4 is 5.32 Å². The summed E-state index contributed by atoms with van der Waals surface area (Å²) in [7, 11) is 0. The highest BCUT2D eigenvalue weighted by atomic mass is 16.4. The molecule has 2 heterocycles. The molecule has 1 unspecified atom stereocenters. The molecule has 0 radical (unpaired) electrons. The minimum atomic E-state index is -0.810. The van der Waals surface area contributed by atoms with E-state index < -0.39 is 5.97 Å². The lowest BCUT2D eigenvalue weighted by Gasteiger charge is -2.35. The molecule has 0 aliphatic carbocycles. The van der Waals surface area contributed by atoms with Crippen molar-refractivity contribution in [1.82, 2.24) is 15.2 Å². The van der Waals surface area contributed by atoms with E-state index in [-0.39, 0.29) is 18.5 Å². The Balaban J connectivity index is 1.91. The van der Waals surface area contributed by atoms with E-state index in [1.165, 1.54) is 0 Å². The van der Waals surface area contributed by atoms with E-state index in [4.69, 9.17) is 5.11 Å². The Morgan fingerprint density at radius 2 is 2.13 bits per heavy atom. The summed E-state index contributed by atoms with van der Waals surface area (Å²) in [6.45, 7) is 5.04. The van der Waals surface area contributed by atoms with Crippen molar-refractivity contribution >= 4 is 12.0 Å². The quantitative estimate of drug-likeness (QED) is 0.874. The Morgan fingerprint density at radius 1 is 1.35 bits per heavy atom. The molecule has 1 atom stereocenters. The summed E-state index contributed by atoms with van der Waals surface area (Å²) < 4.78 is 0. The number of amides is 2. The molecule has 1 aliphatic heterocycles. The van der Waals surface area contributed by atoms with Gasteiger partial charge in [0.05, 0.1) is 12.2 Å². The fourth-order valence-corrected chi connectivity index (χ4v) is 2.91. The molecule has 1 aromatic heterocycles. The van der Waals surface area contributed by atoms with Gasteiger partial charge in [0, 0.05) is 24.7 Å². The minimum absolute atomic E-state index is 0.0209. The smallest absolute Gasteiger partial charge is 0.317 e. The van der Waals surface area contributed by atoms with Gasteiger partial charge in [-0.25, -0.2) is 4.79 Å². The molecule has 2 N–H and O–H groups in total. The maximum absolute atomic E-state index is 12.4. The number of pyridine rings is 1. The van der Waals surface area contributed by atoms with Gasteiger partial charge in [0.25, 0.3) is 0 Å². The number of carbonyl (C=O) groups is 2. The number of aromatic nitrogens is 1. The second-order valence-corrected chi connectivity index (χ2v) is 6.14. The van der Waals surface area contributed by atoms with Gasteiger partial charge in [0.15, 0.2) is 0 Å². The van der Waals surface area contributed by atoms with Gasteiger partial charge < -0.3 is 15.3 Å². The van der Waals surface area contributed by atoms with E-state index in [0.29, 0.717) is 19.5 Å². The number of nitrogens with zero attached hydrogens (tertiary/aromatic N) is 2. The summed E-state index contributed by atoms with van der Waals surface area (Å²) in [5, 5.41) is 11.8. The molecule has 23 heavy (non-hydrogen) atoms. The molecule has 1 aromatic rings. The Morgan fingerprint density at radius 3 is 2.83 bits per heavy atom. The van der Waals surface area contributed by atoms with Crippen LogP contribution in [-0.2, 0) is 11.3 Å². The summed E-state index contributed by atoms with van der Waals surface area (Å²) in [5.74, 6) is -0.810. The fourth-order valence-electron chi connectivity index (χ4n) is 2.91. The largest absolute Gasteiger partial charge is 0.481 e. The van der Waals surface area contributed by atoms with E-state index >= 15 is 0 Å². The molecule has 0 saturated carbocycles. The first-order chi connectivity index (χ1) is 11.0. The number of aryl methyl sites for hydroxylation is 2. The molecule has 0 spiro atoms. The molecule has 2 rings (SSSR count). The average molecular weight is 319 g/mol. The van der Waals surface area contributed by atoms with Crippen molar-refractivity contribution in [1.29, 1.82) is 0 Å². The number of nitrogens with one attached hydrogen (secondary N) is 1. The maximum Gasteiger partial charge on any atom is 0.317 e. The van der Waals surface area contributed by atoms with E-state index in [2.05, 4.69) is 10.3 Å². The van der Waals surface area contributed by atoms with Crippen molar-refractivity contribution in [3.8, 4) is 0 Å². The van der Waals surface area contributed by atoms with Crippen LogP contribution in [0, 0.1) is 13.8 Å². The second-order valence-electron chi connectivity index (χ2n) is 6.14. The number of likely N-dealkylation sites (tertiary alicyclic amines) is 1. The zero-order valence-corrected chi connectivity index (χ0v) is 13.8. The predicted octanol–water partition coefficient (Wildman–Crippen LogP) is 2.63. The topological polar surface area (TPSA) is 82.5 Å². The zero-order valence-electron chi connectivity index (χ0n) is 13.8. The molecule has 0 aromatic carbocycles. The van der Waals surface area contributed by atoms with Crippen molar-refractivity contribution in [2.75, 3.05) is 6.54 Å². The van der Waals surface area contributed by atoms with Crippen LogP contribution >= 0.6 is 0 Å².